The molecule has 1 aromatic carbocycles. The molecule has 0 aliphatic carbocycles. The van der Waals surface area contributed by atoms with Crippen LogP contribution in [-0.2, 0) is 14.8 Å². The van der Waals surface area contributed by atoms with Gasteiger partial charge in [0.1, 0.15) is 18.2 Å². The lowest BCUT2D eigenvalue weighted by atomic mass is 10.2. The highest BCUT2D eigenvalue weighted by Crippen LogP contribution is 2.13. The minimum atomic E-state index is -3.45. The summed E-state index contributed by atoms with van der Waals surface area (Å²) in [5, 5.41) is 18.3. The van der Waals surface area contributed by atoms with Gasteiger partial charge in [-0.05, 0) is 37.8 Å². The van der Waals surface area contributed by atoms with E-state index in [1.165, 1.54) is 18.2 Å². The maximum atomic E-state index is 13.0. The van der Waals surface area contributed by atoms with Gasteiger partial charge in [-0.25, -0.2) is 17.5 Å². The number of carbonyl (C=O) groups is 1. The first-order valence-electron chi connectivity index (χ1n) is 9.00. The normalized spacial score (nSPS) is 12.1. The minimum Gasteiger partial charge on any atom is -0.491 e. The Morgan fingerprint density at radius 2 is 2.04 bits per heavy atom. The van der Waals surface area contributed by atoms with Crippen LogP contribution in [0.25, 0.3) is 0 Å². The van der Waals surface area contributed by atoms with E-state index in [1.807, 2.05) is 0 Å². The topological polar surface area (TPSA) is 113 Å². The van der Waals surface area contributed by atoms with Crippen molar-refractivity contribution >= 4 is 16.0 Å². The molecule has 1 atom stereocenters. The number of rotatable bonds is 13. The highest BCUT2D eigenvalue weighted by atomic mass is 32.2. The van der Waals surface area contributed by atoms with Crippen LogP contribution in [-0.4, -0.2) is 49.6 Å². The summed E-state index contributed by atoms with van der Waals surface area (Å²) in [6.07, 6.45) is 1.35. The summed E-state index contributed by atoms with van der Waals surface area (Å²) < 4.78 is 44.3. The molecular weight excluding hydrogens is 389 g/mol. The third-order valence-corrected chi connectivity index (χ3v) is 5.05. The molecule has 1 aromatic rings. The van der Waals surface area contributed by atoms with Gasteiger partial charge in [-0.3, -0.25) is 4.79 Å². The molecule has 0 aromatic heterocycles. The SMILES string of the molecule is O=C(O)CCCC#CCNS(=O)(=O)CCCCC(O)COc1cccc(F)c1. The zero-order valence-corrected chi connectivity index (χ0v) is 16.4. The fourth-order valence-corrected chi connectivity index (χ4v) is 3.22. The molecular formula is C19H26FNO6S. The van der Waals surface area contributed by atoms with Gasteiger partial charge in [0.25, 0.3) is 0 Å². The summed E-state index contributed by atoms with van der Waals surface area (Å²) in [6.45, 7) is -0.00851. The molecule has 7 nitrogen and oxygen atoms in total. The van der Waals surface area contributed by atoms with Crippen LogP contribution in [0, 0.1) is 17.7 Å². The Hall–Kier alpha value is -2.15. The van der Waals surface area contributed by atoms with Crippen LogP contribution >= 0.6 is 0 Å². The summed E-state index contributed by atoms with van der Waals surface area (Å²) in [4.78, 5) is 10.3. The molecule has 1 rings (SSSR count). The highest BCUT2D eigenvalue weighted by molar-refractivity contribution is 7.89. The predicted octanol–water partition coefficient (Wildman–Crippen LogP) is 1.91. The number of ether oxygens (including phenoxy) is 1. The summed E-state index contributed by atoms with van der Waals surface area (Å²) in [5.74, 6) is 4.31. The van der Waals surface area contributed by atoms with Gasteiger partial charge in [0.2, 0.25) is 10.0 Å². The minimum absolute atomic E-state index is 0.00587. The zero-order valence-electron chi connectivity index (χ0n) is 15.6. The van der Waals surface area contributed by atoms with Gasteiger partial charge in [-0.2, -0.15) is 0 Å². The maximum Gasteiger partial charge on any atom is 0.303 e. The van der Waals surface area contributed by atoms with E-state index in [0.29, 0.717) is 37.9 Å². The Labute approximate surface area is 165 Å². The zero-order chi connectivity index (χ0) is 20.8. The van der Waals surface area contributed by atoms with E-state index in [2.05, 4.69) is 16.6 Å². The van der Waals surface area contributed by atoms with E-state index in [-0.39, 0.29) is 25.3 Å². The van der Waals surface area contributed by atoms with Crippen LogP contribution in [0.4, 0.5) is 4.39 Å². The molecule has 0 radical (unpaired) electrons. The number of hydrogen-bond acceptors (Lipinski definition) is 5. The van der Waals surface area contributed by atoms with Crippen molar-refractivity contribution in [1.29, 1.82) is 0 Å². The molecule has 0 saturated carbocycles. The first-order valence-corrected chi connectivity index (χ1v) is 10.6. The Balaban J connectivity index is 2.13. The average molecular weight is 415 g/mol. The van der Waals surface area contributed by atoms with Gasteiger partial charge in [-0.1, -0.05) is 12.0 Å². The standard InChI is InChI=1S/C19H26FNO6S/c20-16-8-7-10-18(14-16)27-15-17(22)9-4-6-13-28(25,26)21-12-5-2-1-3-11-19(23)24/h7-8,10,14,17,21-22H,1,3-4,6,9,11-13,15H2,(H,23,24). The Kier molecular flexibility index (Phi) is 11.2. The van der Waals surface area contributed by atoms with Crippen LogP contribution in [0.3, 0.4) is 0 Å². The van der Waals surface area contributed by atoms with Crippen LogP contribution in [0.15, 0.2) is 24.3 Å². The Bertz CT molecular complexity index is 772. The van der Waals surface area contributed by atoms with Gasteiger partial charge in [0.05, 0.1) is 18.4 Å². The molecule has 3 N–H and O–H groups in total. The molecule has 28 heavy (non-hydrogen) atoms. The third kappa shape index (κ3) is 12.3. The van der Waals surface area contributed by atoms with Crippen LogP contribution < -0.4 is 9.46 Å². The monoisotopic (exact) mass is 415 g/mol. The van der Waals surface area contributed by atoms with Crippen molar-refractivity contribution in [2.24, 2.45) is 0 Å². The molecule has 0 bridgehead atoms. The number of nitrogens with one attached hydrogen (secondary N) is 1. The lowest BCUT2D eigenvalue weighted by Crippen LogP contribution is -2.27. The number of halogens is 1. The van der Waals surface area contributed by atoms with E-state index < -0.39 is 27.9 Å². The van der Waals surface area contributed by atoms with Crippen molar-refractivity contribution < 1.29 is 32.6 Å². The molecule has 0 fully saturated rings. The fraction of sp³-hybridized carbons (Fsp3) is 0.526. The van der Waals surface area contributed by atoms with Gasteiger partial charge >= 0.3 is 5.97 Å². The van der Waals surface area contributed by atoms with Crippen LogP contribution in [0.1, 0.15) is 38.5 Å². The number of aliphatic hydroxyl groups excluding tert-OH is 1. The molecule has 0 spiro atoms. The first kappa shape index (κ1) is 23.9. The fourth-order valence-electron chi connectivity index (χ4n) is 2.20. The number of aliphatic hydroxyl groups is 1. The van der Waals surface area contributed by atoms with Crippen molar-refractivity contribution in [2.75, 3.05) is 18.9 Å². The second kappa shape index (κ2) is 13.1. The van der Waals surface area contributed by atoms with Crippen molar-refractivity contribution in [3.05, 3.63) is 30.1 Å². The lowest BCUT2D eigenvalue weighted by Gasteiger charge is -2.12. The summed E-state index contributed by atoms with van der Waals surface area (Å²) in [5.41, 5.74) is 0. The lowest BCUT2D eigenvalue weighted by molar-refractivity contribution is -0.137. The summed E-state index contributed by atoms with van der Waals surface area (Å²) in [7, 11) is -3.45. The number of carboxylic acids is 1. The molecule has 0 saturated heterocycles. The second-order valence-electron chi connectivity index (χ2n) is 6.16. The van der Waals surface area contributed by atoms with Crippen LogP contribution in [0.5, 0.6) is 5.75 Å². The van der Waals surface area contributed by atoms with Gasteiger partial charge in [0, 0.05) is 18.9 Å². The van der Waals surface area contributed by atoms with Crippen molar-refractivity contribution in [2.45, 2.75) is 44.6 Å². The van der Waals surface area contributed by atoms with E-state index in [0.717, 1.165) is 0 Å². The third-order valence-electron chi connectivity index (χ3n) is 3.64. The molecule has 156 valence electrons. The predicted molar refractivity (Wildman–Crippen MR) is 103 cm³/mol. The van der Waals surface area contributed by atoms with Crippen molar-refractivity contribution in [1.82, 2.24) is 4.72 Å². The molecule has 0 heterocycles. The summed E-state index contributed by atoms with van der Waals surface area (Å²) in [6, 6.07) is 5.61. The quantitative estimate of drug-likeness (QED) is 0.335. The summed E-state index contributed by atoms with van der Waals surface area (Å²) >= 11 is 0. The number of unbranched alkanes of at least 4 members (excludes halogenated alkanes) is 2. The molecule has 0 amide bonds. The van der Waals surface area contributed by atoms with Gasteiger partial charge in [-0.15, -0.1) is 5.92 Å². The van der Waals surface area contributed by atoms with Crippen molar-refractivity contribution in [3.8, 4) is 17.6 Å². The largest absolute Gasteiger partial charge is 0.491 e. The molecule has 0 aliphatic rings. The van der Waals surface area contributed by atoms with Crippen molar-refractivity contribution in [3.63, 3.8) is 0 Å². The number of sulfonamides is 1. The number of carboxylic acid groups (broad SMARTS) is 1. The van der Waals surface area contributed by atoms with E-state index in [1.54, 1.807) is 6.07 Å². The number of hydrogen-bond donors (Lipinski definition) is 3. The first-order chi connectivity index (χ1) is 13.3. The number of aliphatic carboxylic acids is 1. The maximum absolute atomic E-state index is 13.0. The Morgan fingerprint density at radius 3 is 2.75 bits per heavy atom. The Morgan fingerprint density at radius 1 is 1.25 bits per heavy atom. The molecule has 9 heteroatoms. The number of benzene rings is 1. The van der Waals surface area contributed by atoms with E-state index >= 15 is 0 Å². The van der Waals surface area contributed by atoms with E-state index in [9.17, 15) is 22.7 Å². The smallest absolute Gasteiger partial charge is 0.303 e. The van der Waals surface area contributed by atoms with Crippen LogP contribution in [0.2, 0.25) is 0 Å². The average Bonchev–Trinajstić information content (AvgIpc) is 2.62. The second-order valence-corrected chi connectivity index (χ2v) is 8.09. The molecule has 1 unspecified atom stereocenters. The highest BCUT2D eigenvalue weighted by Gasteiger charge is 2.10. The van der Waals surface area contributed by atoms with Gasteiger partial charge in [0.15, 0.2) is 0 Å². The van der Waals surface area contributed by atoms with Gasteiger partial charge < -0.3 is 14.9 Å². The molecule has 0 aliphatic heterocycles. The van der Waals surface area contributed by atoms with E-state index in [4.69, 9.17) is 9.84 Å².